The zero-order valence-corrected chi connectivity index (χ0v) is 9.85. The highest BCUT2D eigenvalue weighted by Crippen LogP contribution is 2.21. The Bertz CT molecular complexity index is 786. The van der Waals surface area contributed by atoms with E-state index in [0.717, 1.165) is 0 Å². The van der Waals surface area contributed by atoms with Gasteiger partial charge in [0, 0.05) is 5.02 Å². The number of halogens is 1. The first kappa shape index (κ1) is 10.9. The van der Waals surface area contributed by atoms with Gasteiger partial charge in [0.25, 0.3) is 0 Å². The molecule has 1 heterocycles. The second-order valence-corrected chi connectivity index (χ2v) is 4.27. The second-order valence-electron chi connectivity index (χ2n) is 3.84. The Morgan fingerprint density at radius 3 is 2.67 bits per heavy atom. The Balaban J connectivity index is 2.45. The van der Waals surface area contributed by atoms with Crippen LogP contribution >= 0.6 is 11.6 Å². The number of carboxylic acid groups (broad SMARTS) is 1. The van der Waals surface area contributed by atoms with Crippen LogP contribution in [0.15, 0.2) is 36.4 Å². The van der Waals surface area contributed by atoms with E-state index in [4.69, 9.17) is 16.7 Å². The number of aromatic nitrogens is 2. The van der Waals surface area contributed by atoms with Crippen molar-refractivity contribution in [1.29, 1.82) is 0 Å². The molecule has 0 unspecified atom stereocenters. The molecule has 18 heavy (non-hydrogen) atoms. The summed E-state index contributed by atoms with van der Waals surface area (Å²) in [5, 5.41) is 9.66. The maximum absolute atomic E-state index is 11.1. The molecule has 0 amide bonds. The summed E-state index contributed by atoms with van der Waals surface area (Å²) in [7, 11) is 0. The number of rotatable bonds is 1. The Hall–Kier alpha value is -2.20. The van der Waals surface area contributed by atoms with Crippen LogP contribution in [0, 0.1) is 0 Å². The summed E-state index contributed by atoms with van der Waals surface area (Å²) < 4.78 is 0. The summed E-state index contributed by atoms with van der Waals surface area (Å²) in [6.45, 7) is 0. The summed E-state index contributed by atoms with van der Waals surface area (Å²) in [6.07, 6.45) is 0. The molecular formula is C13H7ClN2O2. The molecule has 0 bridgehead atoms. The number of hydrogen-bond donors (Lipinski definition) is 1. The average Bonchev–Trinajstić information content (AvgIpc) is 2.35. The highest BCUT2D eigenvalue weighted by Gasteiger charge is 2.11. The molecule has 2 aromatic carbocycles. The molecule has 0 radical (unpaired) electrons. The monoisotopic (exact) mass is 258 g/mol. The highest BCUT2D eigenvalue weighted by atomic mass is 35.5. The number of hydrogen-bond acceptors (Lipinski definition) is 3. The number of fused-ring (bicyclic) bond motifs is 2. The van der Waals surface area contributed by atoms with Crippen molar-refractivity contribution in [2.75, 3.05) is 0 Å². The lowest BCUT2D eigenvalue weighted by molar-refractivity contribution is 0.0699. The van der Waals surface area contributed by atoms with Gasteiger partial charge in [-0.15, -0.1) is 0 Å². The van der Waals surface area contributed by atoms with Gasteiger partial charge in [0.05, 0.1) is 22.1 Å². The van der Waals surface area contributed by atoms with Crippen LogP contribution in [-0.4, -0.2) is 21.0 Å². The van der Waals surface area contributed by atoms with Crippen LogP contribution in [0.25, 0.3) is 22.1 Å². The lowest BCUT2D eigenvalue weighted by Crippen LogP contribution is -2.00. The molecule has 0 saturated carbocycles. The number of carboxylic acids is 1. The zero-order valence-electron chi connectivity index (χ0n) is 9.09. The lowest BCUT2D eigenvalue weighted by atomic mass is 10.1. The van der Waals surface area contributed by atoms with E-state index in [9.17, 15) is 4.79 Å². The van der Waals surface area contributed by atoms with Crippen molar-refractivity contribution in [3.63, 3.8) is 0 Å². The Kier molecular flexibility index (Phi) is 2.38. The van der Waals surface area contributed by atoms with Gasteiger partial charge in [-0.05, 0) is 30.3 Å². The number of para-hydroxylation sites is 1. The van der Waals surface area contributed by atoms with Crippen LogP contribution in [0.1, 0.15) is 10.4 Å². The molecule has 0 fully saturated rings. The summed E-state index contributed by atoms with van der Waals surface area (Å²) in [5.41, 5.74) is 2.35. The number of benzene rings is 2. The van der Waals surface area contributed by atoms with Crippen molar-refractivity contribution in [3.05, 3.63) is 47.0 Å². The quantitative estimate of drug-likeness (QED) is 0.681. The van der Waals surface area contributed by atoms with Gasteiger partial charge < -0.3 is 5.11 Å². The van der Waals surface area contributed by atoms with Crippen LogP contribution in [0.2, 0.25) is 5.02 Å². The molecule has 3 rings (SSSR count). The molecule has 0 saturated heterocycles. The van der Waals surface area contributed by atoms with E-state index in [2.05, 4.69) is 9.97 Å². The van der Waals surface area contributed by atoms with E-state index in [1.54, 1.807) is 30.3 Å². The number of nitrogens with zero attached hydrogens (tertiary/aromatic N) is 2. The molecule has 0 spiro atoms. The molecule has 1 aromatic heterocycles. The maximum Gasteiger partial charge on any atom is 0.337 e. The standard InChI is InChI=1S/C13H7ClN2O2/c14-7-4-5-9-11(6-7)16-12-8(13(17)18)2-1-3-10(12)15-9/h1-6H,(H,17,18). The van der Waals surface area contributed by atoms with Crippen molar-refractivity contribution >= 4 is 39.6 Å². The van der Waals surface area contributed by atoms with E-state index < -0.39 is 5.97 Å². The van der Waals surface area contributed by atoms with Gasteiger partial charge in [-0.25, -0.2) is 14.8 Å². The fourth-order valence-corrected chi connectivity index (χ4v) is 2.01. The van der Waals surface area contributed by atoms with E-state index in [-0.39, 0.29) is 5.56 Å². The van der Waals surface area contributed by atoms with Gasteiger partial charge in [0.15, 0.2) is 0 Å². The Morgan fingerprint density at radius 1 is 1.06 bits per heavy atom. The van der Waals surface area contributed by atoms with Crippen LogP contribution in [0.5, 0.6) is 0 Å². The predicted octanol–water partition coefficient (Wildman–Crippen LogP) is 3.13. The lowest BCUT2D eigenvalue weighted by Gasteiger charge is -2.03. The first-order valence-corrected chi connectivity index (χ1v) is 5.62. The van der Waals surface area contributed by atoms with Gasteiger partial charge in [0.2, 0.25) is 0 Å². The first-order valence-electron chi connectivity index (χ1n) is 5.24. The van der Waals surface area contributed by atoms with Gasteiger partial charge >= 0.3 is 5.97 Å². The molecule has 0 atom stereocenters. The van der Waals surface area contributed by atoms with Gasteiger partial charge in [-0.1, -0.05) is 17.7 Å². The molecule has 0 aliphatic carbocycles. The Labute approximate surface area is 107 Å². The first-order chi connectivity index (χ1) is 8.65. The third-order valence-electron chi connectivity index (χ3n) is 2.66. The van der Waals surface area contributed by atoms with Crippen molar-refractivity contribution in [3.8, 4) is 0 Å². The second kappa shape index (κ2) is 3.92. The normalized spacial score (nSPS) is 10.9. The van der Waals surface area contributed by atoms with Crippen molar-refractivity contribution in [2.45, 2.75) is 0 Å². The SMILES string of the molecule is O=C(O)c1cccc2nc3ccc(Cl)cc3nc12. The molecule has 0 aliphatic heterocycles. The molecule has 3 aromatic rings. The molecule has 5 heteroatoms. The minimum atomic E-state index is -1.02. The average molecular weight is 259 g/mol. The van der Waals surface area contributed by atoms with Gasteiger partial charge in [-0.3, -0.25) is 0 Å². The predicted molar refractivity (Wildman–Crippen MR) is 69.0 cm³/mol. The van der Waals surface area contributed by atoms with Crippen LogP contribution < -0.4 is 0 Å². The van der Waals surface area contributed by atoms with Crippen LogP contribution in [-0.2, 0) is 0 Å². The minimum absolute atomic E-state index is 0.141. The molecule has 0 aliphatic rings. The fourth-order valence-electron chi connectivity index (χ4n) is 1.84. The van der Waals surface area contributed by atoms with Crippen LogP contribution in [0.4, 0.5) is 0 Å². The molecule has 88 valence electrons. The number of aromatic carboxylic acids is 1. The third-order valence-corrected chi connectivity index (χ3v) is 2.89. The van der Waals surface area contributed by atoms with Crippen LogP contribution in [0.3, 0.4) is 0 Å². The van der Waals surface area contributed by atoms with Crippen molar-refractivity contribution in [1.82, 2.24) is 9.97 Å². The summed E-state index contributed by atoms with van der Waals surface area (Å²) in [6, 6.07) is 10.1. The largest absolute Gasteiger partial charge is 0.478 e. The zero-order chi connectivity index (χ0) is 12.7. The number of carbonyl (C=O) groups is 1. The molecule has 1 N–H and O–H groups in total. The topological polar surface area (TPSA) is 63.1 Å². The van der Waals surface area contributed by atoms with E-state index in [1.165, 1.54) is 6.07 Å². The van der Waals surface area contributed by atoms with Crippen molar-refractivity contribution in [2.24, 2.45) is 0 Å². The van der Waals surface area contributed by atoms with Gasteiger partial charge in [-0.2, -0.15) is 0 Å². The Morgan fingerprint density at radius 2 is 1.89 bits per heavy atom. The highest BCUT2D eigenvalue weighted by molar-refractivity contribution is 6.31. The maximum atomic E-state index is 11.1. The third kappa shape index (κ3) is 1.67. The minimum Gasteiger partial charge on any atom is -0.478 e. The van der Waals surface area contributed by atoms with E-state index in [1.807, 2.05) is 0 Å². The molecule has 4 nitrogen and oxygen atoms in total. The van der Waals surface area contributed by atoms with Gasteiger partial charge in [0.1, 0.15) is 5.52 Å². The molecular weight excluding hydrogens is 252 g/mol. The summed E-state index contributed by atoms with van der Waals surface area (Å²) >= 11 is 5.89. The van der Waals surface area contributed by atoms with E-state index >= 15 is 0 Å². The smallest absolute Gasteiger partial charge is 0.337 e. The summed E-state index contributed by atoms with van der Waals surface area (Å²) in [4.78, 5) is 19.8. The fraction of sp³-hybridized carbons (Fsp3) is 0. The van der Waals surface area contributed by atoms with E-state index in [0.29, 0.717) is 27.1 Å². The summed E-state index contributed by atoms with van der Waals surface area (Å²) in [5.74, 6) is -1.02. The van der Waals surface area contributed by atoms with Crippen molar-refractivity contribution < 1.29 is 9.90 Å².